The average molecular weight is 187 g/mol. The zero-order valence-electron chi connectivity index (χ0n) is 7.26. The van der Waals surface area contributed by atoms with Crippen molar-refractivity contribution >= 4 is 24.1 Å². The molecule has 3 amide bonds. The van der Waals surface area contributed by atoms with E-state index in [1.54, 1.807) is 11.9 Å². The Labute approximate surface area is 74.6 Å². The van der Waals surface area contributed by atoms with Crippen LogP contribution in [0.25, 0.3) is 0 Å². The number of amides is 3. The van der Waals surface area contributed by atoms with Crippen molar-refractivity contribution in [2.45, 2.75) is 6.04 Å². The van der Waals surface area contributed by atoms with E-state index in [-0.39, 0.29) is 11.7 Å². The summed E-state index contributed by atoms with van der Waals surface area (Å²) in [6, 6.07) is -1.06. The highest BCUT2D eigenvalue weighted by Gasteiger charge is 2.39. The van der Waals surface area contributed by atoms with Crippen molar-refractivity contribution in [3.8, 4) is 0 Å². The predicted molar refractivity (Wildman–Crippen MR) is 45.6 cm³/mol. The zero-order chi connectivity index (χ0) is 9.59. The summed E-state index contributed by atoms with van der Waals surface area (Å²) in [5, 5.41) is 0. The number of fused-ring (bicyclic) bond motifs is 1. The number of hydrogen-bond acceptors (Lipinski definition) is 4. The SMILES string of the molecule is CN1C=[15N][13C]2=[15N][13C](=O)[15N](C)[13C](=O)[13CH]21. The van der Waals surface area contributed by atoms with Crippen molar-refractivity contribution < 1.29 is 9.59 Å². The number of carbonyl (C=O) groups excluding carboxylic acids is 2. The summed E-state index contributed by atoms with van der Waals surface area (Å²) in [4.78, 5) is 32.8. The third-order valence-electron chi connectivity index (χ3n) is 2.09. The van der Waals surface area contributed by atoms with E-state index in [9.17, 15) is 9.59 Å². The van der Waals surface area contributed by atoms with Crippen LogP contribution >= 0.6 is 0 Å². The van der Waals surface area contributed by atoms with E-state index in [2.05, 4.69) is 9.98 Å². The second-order valence-corrected chi connectivity index (χ2v) is 2.96. The lowest BCUT2D eigenvalue weighted by Gasteiger charge is -2.25. The zero-order valence-corrected chi connectivity index (χ0v) is 7.26. The molecule has 0 aromatic rings. The number of urea groups is 1. The van der Waals surface area contributed by atoms with E-state index < -0.39 is 12.1 Å². The quantitative estimate of drug-likeness (QED) is 0.372. The number of likely N-dealkylation sites (N-methyl/N-ethyl adjacent to an activating group) is 2. The molecule has 13 heavy (non-hydrogen) atoms. The normalized spacial score (nSPS) is 26.6. The van der Waals surface area contributed by atoms with Gasteiger partial charge in [-0.3, -0.25) is 9.69 Å². The molecule has 0 fully saturated rings. The third-order valence-corrected chi connectivity index (χ3v) is 2.09. The minimum Gasteiger partial charge on any atom is -0.347 e. The number of carbonyl (C=O) groups is 2. The van der Waals surface area contributed by atoms with Crippen molar-refractivity contribution in [2.75, 3.05) is 14.1 Å². The molecule has 0 radical (unpaired) electrons. The first-order chi connectivity index (χ1) is 6.11. The summed E-state index contributed by atoms with van der Waals surface area (Å²) in [6.07, 6.45) is 1.49. The van der Waals surface area contributed by atoms with Gasteiger partial charge in [-0.25, -0.2) is 9.79 Å². The van der Waals surface area contributed by atoms with Gasteiger partial charge >= 0.3 is 6.03 Å². The number of hydrogen-bond donors (Lipinski definition) is 0. The molecule has 0 aromatic heterocycles. The maximum Gasteiger partial charge on any atom is 0.351 e. The monoisotopic (exact) mass is 187 g/mol. The van der Waals surface area contributed by atoms with Crippen LogP contribution in [0.1, 0.15) is 0 Å². The molecule has 0 aromatic carbocycles. The molecule has 0 N–H and O–H groups in total. The number of nitrogens with zero attached hydrogens (tertiary/aromatic N) is 4. The van der Waals surface area contributed by atoms with E-state index >= 15 is 0 Å². The number of imide groups is 1. The van der Waals surface area contributed by atoms with Gasteiger partial charge < -0.3 is 4.90 Å². The Balaban J connectivity index is 2.44. The minimum absolute atomic E-state index is 0.282. The van der Waals surface area contributed by atoms with E-state index in [1.165, 1.54) is 13.4 Å². The first-order valence-corrected chi connectivity index (χ1v) is 3.77. The second-order valence-electron chi connectivity index (χ2n) is 2.96. The van der Waals surface area contributed by atoms with Crippen LogP contribution in [0.4, 0.5) is 4.79 Å². The molecule has 0 aliphatic carbocycles. The lowest BCUT2D eigenvalue weighted by Crippen LogP contribution is -2.51. The molecule has 68 valence electrons. The first-order valence-electron chi connectivity index (χ1n) is 3.77. The Morgan fingerprint density at radius 2 is 2.08 bits per heavy atom. The van der Waals surface area contributed by atoms with Gasteiger partial charge in [-0.15, -0.1) is 0 Å². The molecule has 0 saturated carbocycles. The van der Waals surface area contributed by atoms with Crippen LogP contribution < -0.4 is 0 Å². The lowest BCUT2D eigenvalue weighted by atomic mass is 11.0. The van der Waals surface area contributed by atoms with Gasteiger partial charge in [0.1, 0.15) is 0 Å². The van der Waals surface area contributed by atoms with Crippen molar-refractivity contribution in [1.82, 2.24) is 9.80 Å². The maximum absolute atomic E-state index is 11.5. The highest BCUT2D eigenvalue weighted by molar-refractivity contribution is 6.22. The van der Waals surface area contributed by atoms with Gasteiger partial charge in [0.2, 0.25) is 0 Å². The Hall–Kier alpha value is -1.72. The van der Waals surface area contributed by atoms with Crippen LogP contribution in [0, 0.1) is 0 Å². The fourth-order valence-electron chi connectivity index (χ4n) is 1.29. The number of amidine groups is 1. The van der Waals surface area contributed by atoms with Crippen LogP contribution in [0.5, 0.6) is 0 Å². The summed E-state index contributed by atoms with van der Waals surface area (Å²) in [7, 11) is 3.13. The molecule has 2 rings (SSSR count). The highest BCUT2D eigenvalue weighted by atomic mass is 16.5. The van der Waals surface area contributed by atoms with Gasteiger partial charge in [0.15, 0.2) is 11.9 Å². The van der Waals surface area contributed by atoms with E-state index in [4.69, 9.17) is 0 Å². The number of rotatable bonds is 0. The molecule has 0 bridgehead atoms. The van der Waals surface area contributed by atoms with Gasteiger partial charge in [-0.05, 0) is 0 Å². The van der Waals surface area contributed by atoms with Gasteiger partial charge in [0, 0.05) is 14.1 Å². The van der Waals surface area contributed by atoms with Crippen LogP contribution in [0.15, 0.2) is 9.98 Å². The van der Waals surface area contributed by atoms with E-state index in [1.807, 2.05) is 0 Å². The summed E-state index contributed by atoms with van der Waals surface area (Å²) in [5.74, 6) is 0.00519. The topological polar surface area (TPSA) is 65.3 Å². The molecule has 1 unspecified atom stereocenters. The molecule has 1 atom stereocenters. The molecule has 6 nitrogen and oxygen atoms in total. The fraction of sp³-hybridized carbons (Fsp3) is 0.429. The van der Waals surface area contributed by atoms with Crippen LogP contribution in [0.3, 0.4) is 0 Å². The molecule has 0 spiro atoms. The van der Waals surface area contributed by atoms with Crippen molar-refractivity contribution in [1.29, 1.82) is 0 Å². The summed E-state index contributed by atoms with van der Waals surface area (Å²) in [6.45, 7) is 0. The average Bonchev–Trinajstić information content (AvgIpc) is 2.43. The van der Waals surface area contributed by atoms with Crippen molar-refractivity contribution in [3.63, 3.8) is 0 Å². The molecule has 2 heterocycles. The maximum atomic E-state index is 11.5. The highest BCUT2D eigenvalue weighted by Crippen LogP contribution is 2.15. The first kappa shape index (κ1) is 7.90. The number of aliphatic imine (C=N–C) groups is 2. The lowest BCUT2D eigenvalue weighted by molar-refractivity contribution is -0.129. The van der Waals surface area contributed by atoms with Crippen molar-refractivity contribution in [2.24, 2.45) is 9.98 Å². The Bertz CT molecular complexity index is 346. The van der Waals surface area contributed by atoms with E-state index in [0.29, 0.717) is 0 Å². The van der Waals surface area contributed by atoms with Gasteiger partial charge in [0.25, 0.3) is 5.91 Å². The van der Waals surface area contributed by atoms with Gasteiger partial charge in [-0.1, -0.05) is 0 Å². The molecule has 6 heteroatoms. The Kier molecular flexibility index (Phi) is 1.45. The van der Waals surface area contributed by atoms with E-state index in [0.717, 1.165) is 4.90 Å². The van der Waals surface area contributed by atoms with Crippen LogP contribution in [-0.4, -0.2) is 54.0 Å². The largest absolute Gasteiger partial charge is 0.351 e. The van der Waals surface area contributed by atoms with Gasteiger partial charge in [-0.2, -0.15) is 4.99 Å². The molecule has 0 saturated heterocycles. The minimum atomic E-state index is -0.552. The molecular weight excluding hydrogens is 179 g/mol. The van der Waals surface area contributed by atoms with Crippen LogP contribution in [0.2, 0.25) is 0 Å². The second kappa shape index (κ2) is 2.38. The fourth-order valence-corrected chi connectivity index (χ4v) is 1.29. The molecular formula is C7H8N4O2. The van der Waals surface area contributed by atoms with Crippen LogP contribution in [-0.2, 0) is 4.79 Å². The Morgan fingerprint density at radius 1 is 1.38 bits per heavy atom. The standard InChI is InChI=1S/C7H8N4O2/c1-10-3-8-5-4(10)6(12)11(2)7(13)9-5/h3-4H,1-2H3/i4+1,5+1,6+1,7+1,8+1,9+1,11+1. The predicted octanol–water partition coefficient (Wildman–Crippen LogP) is -0.681. The summed E-state index contributed by atoms with van der Waals surface area (Å²) in [5.41, 5.74) is 0. The summed E-state index contributed by atoms with van der Waals surface area (Å²) < 4.78 is 0. The molecule has 2 aliphatic heterocycles. The smallest absolute Gasteiger partial charge is 0.347 e. The summed E-state index contributed by atoms with van der Waals surface area (Å²) >= 11 is 0. The molecule has 2 aliphatic rings. The van der Waals surface area contributed by atoms with Crippen molar-refractivity contribution in [3.05, 3.63) is 0 Å². The third kappa shape index (κ3) is 0.947. The Morgan fingerprint density at radius 3 is 2.77 bits per heavy atom. The van der Waals surface area contributed by atoms with Gasteiger partial charge in [0.05, 0.1) is 6.34 Å².